The van der Waals surface area contributed by atoms with Crippen LogP contribution < -0.4 is 9.64 Å². The van der Waals surface area contributed by atoms with Crippen LogP contribution >= 0.6 is 15.9 Å². The molecule has 5 nitrogen and oxygen atoms in total. The Labute approximate surface area is 148 Å². The summed E-state index contributed by atoms with van der Waals surface area (Å²) in [5.41, 5.74) is -0.444. The Morgan fingerprint density at radius 3 is 2.75 bits per heavy atom. The summed E-state index contributed by atoms with van der Waals surface area (Å²) in [6.07, 6.45) is -0.327. The first-order valence-electron chi connectivity index (χ1n) is 7.34. The van der Waals surface area contributed by atoms with Crippen molar-refractivity contribution in [1.29, 1.82) is 0 Å². The number of hydrogen-bond acceptors (Lipinski definition) is 4. The van der Waals surface area contributed by atoms with E-state index in [1.165, 1.54) is 12.0 Å². The van der Waals surface area contributed by atoms with Gasteiger partial charge in [-0.15, -0.1) is 0 Å². The van der Waals surface area contributed by atoms with E-state index in [1.54, 1.807) is 49.5 Å². The molecule has 2 aromatic carbocycles. The van der Waals surface area contributed by atoms with Gasteiger partial charge in [-0.25, -0.2) is 0 Å². The highest BCUT2D eigenvalue weighted by Crippen LogP contribution is 2.43. The lowest BCUT2D eigenvalue weighted by atomic mass is 9.88. The Morgan fingerprint density at radius 1 is 1.29 bits per heavy atom. The molecule has 0 aliphatic carbocycles. The molecule has 0 radical (unpaired) electrons. The van der Waals surface area contributed by atoms with Crippen LogP contribution in [0.25, 0.3) is 0 Å². The molecular weight excluding hydrogens is 374 g/mol. The number of fused-ring (bicyclic) bond motifs is 1. The Kier molecular flexibility index (Phi) is 4.19. The van der Waals surface area contributed by atoms with E-state index in [4.69, 9.17) is 4.74 Å². The van der Waals surface area contributed by atoms with Crippen LogP contribution in [0.3, 0.4) is 0 Å². The lowest BCUT2D eigenvalue weighted by molar-refractivity contribution is -0.135. The van der Waals surface area contributed by atoms with E-state index < -0.39 is 11.5 Å². The molecule has 0 bridgehead atoms. The maximum atomic E-state index is 12.6. The predicted octanol–water partition coefficient (Wildman–Crippen LogP) is 2.89. The SMILES string of the molecule is COc1cccc(C(=O)C[C@]2(O)C(=O)N(C)c3ccc(Br)cc32)c1. The van der Waals surface area contributed by atoms with E-state index in [9.17, 15) is 14.7 Å². The van der Waals surface area contributed by atoms with E-state index in [-0.39, 0.29) is 12.2 Å². The number of nitrogens with zero attached hydrogens (tertiary/aromatic N) is 1. The van der Waals surface area contributed by atoms with Crippen molar-refractivity contribution in [3.8, 4) is 5.75 Å². The Hall–Kier alpha value is -2.18. The molecule has 1 aliphatic heterocycles. The fourth-order valence-electron chi connectivity index (χ4n) is 2.94. The smallest absolute Gasteiger partial charge is 0.263 e. The average molecular weight is 390 g/mol. The molecule has 3 rings (SSSR count). The van der Waals surface area contributed by atoms with Crippen LogP contribution in [-0.2, 0) is 10.4 Å². The second-order valence-corrected chi connectivity index (χ2v) is 6.63. The molecular formula is C18H16BrNO4. The van der Waals surface area contributed by atoms with Crippen molar-refractivity contribution in [2.75, 3.05) is 19.1 Å². The third kappa shape index (κ3) is 2.61. The van der Waals surface area contributed by atoms with Gasteiger partial charge in [-0.1, -0.05) is 28.1 Å². The molecule has 24 heavy (non-hydrogen) atoms. The summed E-state index contributed by atoms with van der Waals surface area (Å²) in [5, 5.41) is 11.0. The predicted molar refractivity (Wildman–Crippen MR) is 93.4 cm³/mol. The zero-order valence-corrected chi connectivity index (χ0v) is 14.8. The highest BCUT2D eigenvalue weighted by molar-refractivity contribution is 9.10. The molecule has 0 fully saturated rings. The molecule has 1 heterocycles. The van der Waals surface area contributed by atoms with Crippen LogP contribution in [-0.4, -0.2) is 31.0 Å². The molecule has 0 saturated carbocycles. The maximum Gasteiger partial charge on any atom is 0.263 e. The Balaban J connectivity index is 1.98. The summed E-state index contributed by atoms with van der Waals surface area (Å²) >= 11 is 3.34. The molecule has 0 aromatic heterocycles. The Morgan fingerprint density at radius 2 is 2.04 bits per heavy atom. The zero-order chi connectivity index (χ0) is 17.5. The molecule has 0 unspecified atom stereocenters. The quantitative estimate of drug-likeness (QED) is 0.816. The highest BCUT2D eigenvalue weighted by atomic mass is 79.9. The number of hydrogen-bond donors (Lipinski definition) is 1. The van der Waals surface area contributed by atoms with E-state index in [0.717, 1.165) is 4.47 Å². The van der Waals surface area contributed by atoms with E-state index in [0.29, 0.717) is 22.6 Å². The van der Waals surface area contributed by atoms with Gasteiger partial charge in [0.15, 0.2) is 11.4 Å². The third-order valence-corrected chi connectivity index (χ3v) is 4.73. The number of benzene rings is 2. The number of anilines is 1. The van der Waals surface area contributed by atoms with Crippen molar-refractivity contribution in [1.82, 2.24) is 0 Å². The highest BCUT2D eigenvalue weighted by Gasteiger charge is 2.49. The van der Waals surface area contributed by atoms with Gasteiger partial charge in [0, 0.05) is 22.6 Å². The number of aliphatic hydroxyl groups is 1. The molecule has 2 aromatic rings. The first-order chi connectivity index (χ1) is 11.4. The molecule has 0 spiro atoms. The van der Waals surface area contributed by atoms with Gasteiger partial charge >= 0.3 is 0 Å². The van der Waals surface area contributed by atoms with Crippen LogP contribution in [0.1, 0.15) is 22.3 Å². The minimum atomic E-state index is -1.87. The van der Waals surface area contributed by atoms with Gasteiger partial charge in [0.25, 0.3) is 5.91 Å². The second-order valence-electron chi connectivity index (χ2n) is 5.72. The Bertz CT molecular complexity index is 836. The number of methoxy groups -OCH3 is 1. The summed E-state index contributed by atoms with van der Waals surface area (Å²) in [6, 6.07) is 11.9. The molecule has 1 aliphatic rings. The molecule has 1 atom stereocenters. The number of carbonyl (C=O) groups excluding carboxylic acids is 2. The summed E-state index contributed by atoms with van der Waals surface area (Å²) in [7, 11) is 3.10. The fraction of sp³-hybridized carbons (Fsp3) is 0.222. The molecule has 1 amide bonds. The summed E-state index contributed by atoms with van der Waals surface area (Å²) in [4.78, 5) is 26.6. The largest absolute Gasteiger partial charge is 0.497 e. The molecule has 124 valence electrons. The van der Waals surface area contributed by atoms with Gasteiger partial charge in [-0.2, -0.15) is 0 Å². The van der Waals surface area contributed by atoms with Crippen molar-refractivity contribution in [2.45, 2.75) is 12.0 Å². The van der Waals surface area contributed by atoms with Gasteiger partial charge < -0.3 is 14.7 Å². The van der Waals surface area contributed by atoms with Crippen LogP contribution in [0.2, 0.25) is 0 Å². The number of Topliss-reactive ketones (excluding diaryl/α,β-unsaturated/α-hetero) is 1. The van der Waals surface area contributed by atoms with Crippen LogP contribution in [0.15, 0.2) is 46.9 Å². The number of ketones is 1. The van der Waals surface area contributed by atoms with Crippen molar-refractivity contribution < 1.29 is 19.4 Å². The van der Waals surface area contributed by atoms with Crippen molar-refractivity contribution >= 4 is 33.3 Å². The number of carbonyl (C=O) groups is 2. The number of rotatable bonds is 4. The number of halogens is 1. The fourth-order valence-corrected chi connectivity index (χ4v) is 3.30. The number of ether oxygens (including phenoxy) is 1. The van der Waals surface area contributed by atoms with Crippen molar-refractivity contribution in [3.05, 3.63) is 58.1 Å². The van der Waals surface area contributed by atoms with Gasteiger partial charge in [0.2, 0.25) is 0 Å². The first-order valence-corrected chi connectivity index (χ1v) is 8.14. The monoisotopic (exact) mass is 389 g/mol. The first kappa shape index (κ1) is 16.7. The zero-order valence-electron chi connectivity index (χ0n) is 13.2. The van der Waals surface area contributed by atoms with Crippen molar-refractivity contribution in [3.63, 3.8) is 0 Å². The van der Waals surface area contributed by atoms with Gasteiger partial charge in [-0.05, 0) is 30.3 Å². The lowest BCUT2D eigenvalue weighted by Crippen LogP contribution is -2.40. The third-order valence-electron chi connectivity index (χ3n) is 4.23. The minimum Gasteiger partial charge on any atom is -0.497 e. The summed E-state index contributed by atoms with van der Waals surface area (Å²) in [5.74, 6) is -0.288. The number of amides is 1. The summed E-state index contributed by atoms with van der Waals surface area (Å²) in [6.45, 7) is 0. The molecule has 1 N–H and O–H groups in total. The number of likely N-dealkylation sites (N-methyl/N-ethyl adjacent to an activating group) is 1. The van der Waals surface area contributed by atoms with Crippen LogP contribution in [0.5, 0.6) is 5.75 Å². The summed E-state index contributed by atoms with van der Waals surface area (Å²) < 4.78 is 5.85. The van der Waals surface area contributed by atoms with Gasteiger partial charge in [-0.3, -0.25) is 9.59 Å². The minimum absolute atomic E-state index is 0.327. The standard InChI is InChI=1S/C18H16BrNO4/c1-20-15-7-6-12(19)9-14(15)18(23,17(20)22)10-16(21)11-4-3-5-13(8-11)24-2/h3-9,23H,10H2,1-2H3/t18-/m1/s1. The van der Waals surface area contributed by atoms with E-state index in [1.807, 2.05) is 0 Å². The average Bonchev–Trinajstić information content (AvgIpc) is 2.76. The lowest BCUT2D eigenvalue weighted by Gasteiger charge is -2.21. The van der Waals surface area contributed by atoms with Crippen molar-refractivity contribution in [2.24, 2.45) is 0 Å². The van der Waals surface area contributed by atoms with Gasteiger partial charge in [0.1, 0.15) is 5.75 Å². The van der Waals surface area contributed by atoms with E-state index >= 15 is 0 Å². The normalized spacial score (nSPS) is 19.3. The van der Waals surface area contributed by atoms with E-state index in [2.05, 4.69) is 15.9 Å². The molecule has 0 saturated heterocycles. The molecule has 6 heteroatoms. The van der Waals surface area contributed by atoms with Gasteiger partial charge in [0.05, 0.1) is 19.2 Å². The second kappa shape index (κ2) is 6.03. The van der Waals surface area contributed by atoms with Crippen LogP contribution in [0.4, 0.5) is 5.69 Å². The maximum absolute atomic E-state index is 12.6. The van der Waals surface area contributed by atoms with Crippen LogP contribution in [0, 0.1) is 0 Å². The topological polar surface area (TPSA) is 66.8 Å².